The highest BCUT2D eigenvalue weighted by molar-refractivity contribution is 5.07. The van der Waals surface area contributed by atoms with E-state index < -0.39 is 0 Å². The van der Waals surface area contributed by atoms with E-state index in [1.807, 2.05) is 19.9 Å². The third-order valence-corrected chi connectivity index (χ3v) is 3.21. The first kappa shape index (κ1) is 14.9. The van der Waals surface area contributed by atoms with E-state index in [0.29, 0.717) is 6.54 Å². The SMILES string of the molecule is CCNC(Cn1c(C)cc(C)nc1=O)C(C)(C)C. The number of hydrogen-bond donors (Lipinski definition) is 1. The van der Waals surface area contributed by atoms with Gasteiger partial charge < -0.3 is 5.32 Å². The molecule has 0 aliphatic carbocycles. The Kier molecular flexibility index (Phi) is 4.68. The van der Waals surface area contributed by atoms with Crippen LogP contribution >= 0.6 is 0 Å². The summed E-state index contributed by atoms with van der Waals surface area (Å²) in [6.45, 7) is 14.0. The molecular weight excluding hydrogens is 226 g/mol. The van der Waals surface area contributed by atoms with Crippen LogP contribution < -0.4 is 11.0 Å². The van der Waals surface area contributed by atoms with Crippen LogP contribution in [0, 0.1) is 19.3 Å². The number of nitrogens with zero attached hydrogens (tertiary/aromatic N) is 2. The summed E-state index contributed by atoms with van der Waals surface area (Å²) in [7, 11) is 0. The molecule has 18 heavy (non-hydrogen) atoms. The fourth-order valence-corrected chi connectivity index (χ4v) is 2.07. The summed E-state index contributed by atoms with van der Waals surface area (Å²) in [4.78, 5) is 16.0. The summed E-state index contributed by atoms with van der Waals surface area (Å²) in [5.74, 6) is 0. The molecule has 1 unspecified atom stereocenters. The molecule has 0 saturated heterocycles. The monoisotopic (exact) mass is 251 g/mol. The first-order chi connectivity index (χ1) is 8.25. The van der Waals surface area contributed by atoms with Gasteiger partial charge in [0.2, 0.25) is 0 Å². The highest BCUT2D eigenvalue weighted by atomic mass is 16.1. The first-order valence-electron chi connectivity index (χ1n) is 6.54. The minimum Gasteiger partial charge on any atom is -0.312 e. The zero-order valence-corrected chi connectivity index (χ0v) is 12.4. The van der Waals surface area contributed by atoms with Gasteiger partial charge in [-0.2, -0.15) is 4.98 Å². The number of hydrogen-bond acceptors (Lipinski definition) is 3. The molecule has 0 aliphatic rings. The molecule has 4 heteroatoms. The van der Waals surface area contributed by atoms with Gasteiger partial charge in [0.15, 0.2) is 0 Å². The van der Waals surface area contributed by atoms with Crippen molar-refractivity contribution in [3.8, 4) is 0 Å². The average Bonchev–Trinajstić information content (AvgIpc) is 2.19. The van der Waals surface area contributed by atoms with Crippen molar-refractivity contribution in [3.63, 3.8) is 0 Å². The summed E-state index contributed by atoms with van der Waals surface area (Å²) in [6.07, 6.45) is 0. The molecule has 0 spiro atoms. The molecule has 1 atom stereocenters. The summed E-state index contributed by atoms with van der Waals surface area (Å²) in [5, 5.41) is 3.45. The fraction of sp³-hybridized carbons (Fsp3) is 0.714. The van der Waals surface area contributed by atoms with E-state index in [1.165, 1.54) is 0 Å². The lowest BCUT2D eigenvalue weighted by molar-refractivity contribution is 0.241. The zero-order valence-electron chi connectivity index (χ0n) is 12.4. The number of rotatable bonds is 4. The topological polar surface area (TPSA) is 46.9 Å². The van der Waals surface area contributed by atoms with Crippen LogP contribution in [0.15, 0.2) is 10.9 Å². The molecule has 102 valence electrons. The van der Waals surface area contributed by atoms with E-state index in [1.54, 1.807) is 4.57 Å². The van der Waals surface area contributed by atoms with Crippen molar-refractivity contribution in [1.82, 2.24) is 14.9 Å². The van der Waals surface area contributed by atoms with E-state index in [-0.39, 0.29) is 17.1 Å². The molecule has 0 fully saturated rings. The highest BCUT2D eigenvalue weighted by Crippen LogP contribution is 2.20. The summed E-state index contributed by atoms with van der Waals surface area (Å²) in [5.41, 5.74) is 1.70. The van der Waals surface area contributed by atoms with Gasteiger partial charge in [0.25, 0.3) is 0 Å². The van der Waals surface area contributed by atoms with E-state index in [2.05, 4.69) is 38.0 Å². The molecule has 0 aliphatic heterocycles. The molecule has 1 aromatic rings. The van der Waals surface area contributed by atoms with E-state index in [4.69, 9.17) is 0 Å². The van der Waals surface area contributed by atoms with Gasteiger partial charge in [-0.1, -0.05) is 27.7 Å². The molecule has 0 aromatic carbocycles. The smallest absolute Gasteiger partial charge is 0.312 e. The second-order valence-corrected chi connectivity index (χ2v) is 5.91. The van der Waals surface area contributed by atoms with Crippen LogP contribution in [0.25, 0.3) is 0 Å². The van der Waals surface area contributed by atoms with Gasteiger partial charge in [-0.15, -0.1) is 0 Å². The molecule has 0 bridgehead atoms. The van der Waals surface area contributed by atoms with E-state index in [0.717, 1.165) is 17.9 Å². The Hall–Kier alpha value is -1.16. The first-order valence-corrected chi connectivity index (χ1v) is 6.54. The quantitative estimate of drug-likeness (QED) is 0.889. The Bertz CT molecular complexity index is 457. The second kappa shape index (κ2) is 5.65. The summed E-state index contributed by atoms with van der Waals surface area (Å²) >= 11 is 0. The second-order valence-electron chi connectivity index (χ2n) is 5.91. The van der Waals surface area contributed by atoms with Crippen LogP contribution in [-0.4, -0.2) is 22.1 Å². The maximum absolute atomic E-state index is 12.0. The van der Waals surface area contributed by atoms with Crippen LogP contribution in [-0.2, 0) is 6.54 Å². The van der Waals surface area contributed by atoms with Crippen molar-refractivity contribution < 1.29 is 0 Å². The van der Waals surface area contributed by atoms with Crippen LogP contribution in [0.1, 0.15) is 39.1 Å². The van der Waals surface area contributed by atoms with Crippen molar-refractivity contribution in [2.45, 2.75) is 54.1 Å². The summed E-state index contributed by atoms with van der Waals surface area (Å²) in [6, 6.07) is 2.20. The van der Waals surface area contributed by atoms with Crippen LogP contribution in [0.3, 0.4) is 0 Å². The zero-order chi connectivity index (χ0) is 13.9. The highest BCUT2D eigenvalue weighted by Gasteiger charge is 2.24. The average molecular weight is 251 g/mol. The Morgan fingerprint density at radius 2 is 2.00 bits per heavy atom. The maximum Gasteiger partial charge on any atom is 0.348 e. The molecule has 1 heterocycles. The van der Waals surface area contributed by atoms with Gasteiger partial charge in [0.05, 0.1) is 0 Å². The van der Waals surface area contributed by atoms with Crippen LogP contribution in [0.5, 0.6) is 0 Å². The molecule has 0 amide bonds. The number of nitrogens with one attached hydrogen (secondary N) is 1. The number of aromatic nitrogens is 2. The Labute approximate surface area is 109 Å². The lowest BCUT2D eigenvalue weighted by Gasteiger charge is -2.32. The minimum absolute atomic E-state index is 0.104. The van der Waals surface area contributed by atoms with E-state index >= 15 is 0 Å². The third kappa shape index (κ3) is 3.67. The van der Waals surface area contributed by atoms with Gasteiger partial charge in [-0.25, -0.2) is 4.79 Å². The van der Waals surface area contributed by atoms with Crippen molar-refractivity contribution in [2.75, 3.05) is 6.54 Å². The van der Waals surface area contributed by atoms with Gasteiger partial charge in [0, 0.05) is 24.0 Å². The van der Waals surface area contributed by atoms with Gasteiger partial charge in [-0.05, 0) is 31.9 Å². The van der Waals surface area contributed by atoms with Crippen molar-refractivity contribution in [1.29, 1.82) is 0 Å². The molecule has 0 saturated carbocycles. The maximum atomic E-state index is 12.0. The largest absolute Gasteiger partial charge is 0.348 e. The van der Waals surface area contributed by atoms with Crippen LogP contribution in [0.2, 0.25) is 0 Å². The number of aryl methyl sites for hydroxylation is 2. The molecule has 1 aromatic heterocycles. The Balaban J connectivity index is 3.05. The standard InChI is InChI=1S/C14H25N3O/c1-7-15-12(14(4,5)6)9-17-11(3)8-10(2)16-13(17)18/h8,12,15H,7,9H2,1-6H3. The Morgan fingerprint density at radius 1 is 1.39 bits per heavy atom. The van der Waals surface area contributed by atoms with Gasteiger partial charge in [-0.3, -0.25) is 4.57 Å². The normalized spacial score (nSPS) is 13.7. The summed E-state index contributed by atoms with van der Waals surface area (Å²) < 4.78 is 1.76. The minimum atomic E-state index is -0.153. The fourth-order valence-electron chi connectivity index (χ4n) is 2.07. The van der Waals surface area contributed by atoms with Crippen LogP contribution in [0.4, 0.5) is 0 Å². The third-order valence-electron chi connectivity index (χ3n) is 3.21. The van der Waals surface area contributed by atoms with Crippen molar-refractivity contribution in [3.05, 3.63) is 27.9 Å². The van der Waals surface area contributed by atoms with Gasteiger partial charge >= 0.3 is 5.69 Å². The predicted molar refractivity (Wildman–Crippen MR) is 74.9 cm³/mol. The predicted octanol–water partition coefficient (Wildman–Crippen LogP) is 1.88. The number of likely N-dealkylation sites (N-methyl/N-ethyl adjacent to an activating group) is 1. The lowest BCUT2D eigenvalue weighted by atomic mass is 9.86. The van der Waals surface area contributed by atoms with Crippen molar-refractivity contribution >= 4 is 0 Å². The van der Waals surface area contributed by atoms with Gasteiger partial charge in [0.1, 0.15) is 0 Å². The lowest BCUT2D eigenvalue weighted by Crippen LogP contribution is -2.46. The molecule has 4 nitrogen and oxygen atoms in total. The molecule has 1 rings (SSSR count). The molecule has 1 N–H and O–H groups in total. The van der Waals surface area contributed by atoms with Crippen molar-refractivity contribution in [2.24, 2.45) is 5.41 Å². The molecule has 0 radical (unpaired) electrons. The Morgan fingerprint density at radius 3 is 2.44 bits per heavy atom. The molecular formula is C14H25N3O. The van der Waals surface area contributed by atoms with E-state index in [9.17, 15) is 4.79 Å².